The second-order valence-corrected chi connectivity index (χ2v) is 5.31. The Morgan fingerprint density at radius 3 is 2.79 bits per heavy atom. The fourth-order valence-electron chi connectivity index (χ4n) is 1.33. The van der Waals surface area contributed by atoms with Crippen molar-refractivity contribution >= 4 is 34.5 Å². The molecule has 0 saturated carbocycles. The number of hydrogen-bond donors (Lipinski definition) is 1. The molecule has 4 nitrogen and oxygen atoms in total. The average Bonchev–Trinajstić information content (AvgIpc) is 2.85. The molecule has 0 aromatic carbocycles. The van der Waals surface area contributed by atoms with E-state index in [2.05, 4.69) is 10.4 Å². The summed E-state index contributed by atoms with van der Waals surface area (Å²) in [5.41, 5.74) is 0.193. The zero-order valence-electron chi connectivity index (χ0n) is 9.24. The van der Waals surface area contributed by atoms with Gasteiger partial charge in [-0.3, -0.25) is 9.48 Å². The van der Waals surface area contributed by atoms with E-state index in [4.69, 9.17) is 11.6 Å². The van der Waals surface area contributed by atoms with E-state index in [-0.39, 0.29) is 5.69 Å². The fourth-order valence-corrected chi connectivity index (χ4v) is 2.27. The third-order valence-electron chi connectivity index (χ3n) is 2.03. The van der Waals surface area contributed by atoms with Crippen LogP contribution in [-0.2, 0) is 6.54 Å². The summed E-state index contributed by atoms with van der Waals surface area (Å²) in [7, 11) is 0. The molecule has 0 bridgehead atoms. The van der Waals surface area contributed by atoms with E-state index >= 15 is 0 Å². The predicted molar refractivity (Wildman–Crippen MR) is 65.6 cm³/mol. The summed E-state index contributed by atoms with van der Waals surface area (Å²) in [5.74, 6) is -0.441. The van der Waals surface area contributed by atoms with Crippen molar-refractivity contribution < 1.29 is 18.0 Å². The second kappa shape index (κ2) is 5.22. The normalized spacial score (nSPS) is 11.6. The lowest BCUT2D eigenvalue weighted by Crippen LogP contribution is -2.17. The van der Waals surface area contributed by atoms with Crippen LogP contribution in [0.4, 0.5) is 18.9 Å². The number of nitrogens with one attached hydrogen (secondary N) is 1. The van der Waals surface area contributed by atoms with E-state index < -0.39 is 18.6 Å². The van der Waals surface area contributed by atoms with Gasteiger partial charge in [-0.15, -0.1) is 11.3 Å². The van der Waals surface area contributed by atoms with Crippen molar-refractivity contribution in [3.8, 4) is 0 Å². The summed E-state index contributed by atoms with van der Waals surface area (Å²) in [4.78, 5) is 12.1. The quantitative estimate of drug-likeness (QED) is 0.944. The van der Waals surface area contributed by atoms with Crippen molar-refractivity contribution in [1.29, 1.82) is 0 Å². The number of amides is 1. The minimum Gasteiger partial charge on any atom is -0.319 e. The third-order valence-corrected chi connectivity index (χ3v) is 3.26. The average molecular weight is 310 g/mol. The number of hydrogen-bond acceptors (Lipinski definition) is 3. The van der Waals surface area contributed by atoms with Gasteiger partial charge in [-0.2, -0.15) is 18.3 Å². The van der Waals surface area contributed by atoms with Crippen LogP contribution in [0.3, 0.4) is 0 Å². The molecule has 1 N–H and O–H groups in total. The van der Waals surface area contributed by atoms with Crippen LogP contribution in [0.1, 0.15) is 9.67 Å². The minimum atomic E-state index is -4.35. The van der Waals surface area contributed by atoms with Gasteiger partial charge in [0.05, 0.1) is 21.1 Å². The lowest BCUT2D eigenvalue weighted by molar-refractivity contribution is -0.142. The summed E-state index contributed by atoms with van der Waals surface area (Å²) < 4.78 is 37.5. The highest BCUT2D eigenvalue weighted by molar-refractivity contribution is 7.18. The number of rotatable bonds is 3. The summed E-state index contributed by atoms with van der Waals surface area (Å²) in [6.45, 7) is -1.20. The number of halogens is 4. The van der Waals surface area contributed by atoms with Gasteiger partial charge in [0.2, 0.25) is 0 Å². The van der Waals surface area contributed by atoms with E-state index in [0.717, 1.165) is 23.7 Å². The first-order valence-corrected chi connectivity index (χ1v) is 6.19. The van der Waals surface area contributed by atoms with E-state index in [1.54, 1.807) is 6.07 Å². The highest BCUT2D eigenvalue weighted by Crippen LogP contribution is 2.22. The number of carbonyl (C=O) groups excluding carboxylic acids is 1. The molecule has 0 spiro atoms. The predicted octanol–water partition coefficient (Wildman–Crippen LogP) is 3.41. The molecule has 0 radical (unpaired) electrons. The SMILES string of the molecule is O=C(Nc1cnn(CC(F)(F)F)c1)c1ccc(Cl)s1. The second-order valence-electron chi connectivity index (χ2n) is 3.60. The first-order valence-electron chi connectivity index (χ1n) is 4.99. The molecule has 2 aromatic heterocycles. The van der Waals surface area contributed by atoms with Crippen LogP contribution in [0.25, 0.3) is 0 Å². The number of carbonyl (C=O) groups is 1. The number of thiophene rings is 1. The van der Waals surface area contributed by atoms with Crippen LogP contribution in [0.15, 0.2) is 24.5 Å². The molecule has 19 heavy (non-hydrogen) atoms. The molecule has 0 aliphatic heterocycles. The molecule has 2 aromatic rings. The van der Waals surface area contributed by atoms with E-state index in [9.17, 15) is 18.0 Å². The molecular formula is C10H7ClF3N3OS. The Kier molecular flexibility index (Phi) is 3.81. The Labute approximate surface area is 114 Å². The Balaban J connectivity index is 2.02. The Bertz CT molecular complexity index is 593. The fraction of sp³-hybridized carbons (Fsp3) is 0.200. The lowest BCUT2D eigenvalue weighted by atomic mass is 10.4. The lowest BCUT2D eigenvalue weighted by Gasteiger charge is -2.05. The molecule has 0 fully saturated rings. The van der Waals surface area contributed by atoms with Gasteiger partial charge >= 0.3 is 6.18 Å². The number of alkyl halides is 3. The molecule has 9 heteroatoms. The zero-order valence-corrected chi connectivity index (χ0v) is 10.8. The van der Waals surface area contributed by atoms with E-state index in [0.29, 0.717) is 13.9 Å². The van der Waals surface area contributed by atoms with Crippen molar-refractivity contribution in [2.75, 3.05) is 5.32 Å². The third kappa shape index (κ3) is 3.97. The highest BCUT2D eigenvalue weighted by atomic mass is 35.5. The van der Waals surface area contributed by atoms with Crippen LogP contribution in [0.5, 0.6) is 0 Å². The van der Waals surface area contributed by atoms with Gasteiger partial charge in [0.25, 0.3) is 5.91 Å². The highest BCUT2D eigenvalue weighted by Gasteiger charge is 2.28. The molecule has 0 atom stereocenters. The van der Waals surface area contributed by atoms with Crippen molar-refractivity contribution in [1.82, 2.24) is 9.78 Å². The summed E-state index contributed by atoms with van der Waals surface area (Å²) in [6, 6.07) is 3.09. The smallest absolute Gasteiger partial charge is 0.319 e. The van der Waals surface area contributed by atoms with Crippen molar-refractivity contribution in [2.45, 2.75) is 12.7 Å². The molecule has 1 amide bonds. The number of anilines is 1. The molecular weight excluding hydrogens is 303 g/mol. The zero-order chi connectivity index (χ0) is 14.0. The van der Waals surface area contributed by atoms with Crippen LogP contribution < -0.4 is 5.32 Å². The van der Waals surface area contributed by atoms with Gasteiger partial charge < -0.3 is 5.32 Å². The monoisotopic (exact) mass is 309 g/mol. The Morgan fingerprint density at radius 2 is 2.21 bits per heavy atom. The maximum atomic E-state index is 12.1. The van der Waals surface area contributed by atoms with Crippen LogP contribution in [-0.4, -0.2) is 21.9 Å². The molecule has 0 aliphatic rings. The van der Waals surface area contributed by atoms with Gasteiger partial charge in [-0.25, -0.2) is 0 Å². The summed E-state index contributed by atoms with van der Waals surface area (Å²) >= 11 is 6.76. The summed E-state index contributed by atoms with van der Waals surface area (Å²) in [6.07, 6.45) is -2.09. The van der Waals surface area contributed by atoms with Gasteiger partial charge in [0, 0.05) is 6.20 Å². The molecule has 102 valence electrons. The van der Waals surface area contributed by atoms with E-state index in [1.165, 1.54) is 6.07 Å². The maximum Gasteiger partial charge on any atom is 0.408 e. The maximum absolute atomic E-state index is 12.1. The first-order chi connectivity index (χ1) is 8.83. The topological polar surface area (TPSA) is 46.9 Å². The Morgan fingerprint density at radius 1 is 1.47 bits per heavy atom. The molecule has 2 rings (SSSR count). The molecule has 2 heterocycles. The number of nitrogens with zero attached hydrogens (tertiary/aromatic N) is 2. The molecule has 0 unspecified atom stereocenters. The molecule has 0 aliphatic carbocycles. The largest absolute Gasteiger partial charge is 0.408 e. The van der Waals surface area contributed by atoms with Gasteiger partial charge in [0.15, 0.2) is 0 Å². The van der Waals surface area contributed by atoms with Crippen LogP contribution in [0, 0.1) is 0 Å². The molecule has 0 saturated heterocycles. The van der Waals surface area contributed by atoms with Crippen molar-refractivity contribution in [3.63, 3.8) is 0 Å². The summed E-state index contributed by atoms with van der Waals surface area (Å²) in [5, 5.41) is 5.95. The van der Waals surface area contributed by atoms with E-state index in [1.807, 2.05) is 0 Å². The minimum absolute atomic E-state index is 0.193. The van der Waals surface area contributed by atoms with Crippen molar-refractivity contribution in [2.24, 2.45) is 0 Å². The van der Waals surface area contributed by atoms with Gasteiger partial charge in [-0.05, 0) is 12.1 Å². The standard InChI is InChI=1S/C10H7ClF3N3OS/c11-8-2-1-7(19-8)9(18)16-6-3-15-17(4-6)5-10(12,13)14/h1-4H,5H2,(H,16,18). The first kappa shape index (κ1) is 13.9. The number of aromatic nitrogens is 2. The van der Waals surface area contributed by atoms with Gasteiger partial charge in [-0.1, -0.05) is 11.6 Å². The van der Waals surface area contributed by atoms with Gasteiger partial charge in [0.1, 0.15) is 6.54 Å². The van der Waals surface area contributed by atoms with Crippen LogP contribution in [0.2, 0.25) is 4.34 Å². The van der Waals surface area contributed by atoms with Crippen molar-refractivity contribution in [3.05, 3.63) is 33.7 Å². The van der Waals surface area contributed by atoms with Crippen LogP contribution >= 0.6 is 22.9 Å². The Hall–Kier alpha value is -1.54.